The van der Waals surface area contributed by atoms with Gasteiger partial charge in [0.2, 0.25) is 11.8 Å². The zero-order valence-corrected chi connectivity index (χ0v) is 16.4. The number of hydrogen-bond donors (Lipinski definition) is 1. The molecule has 0 radical (unpaired) electrons. The minimum atomic E-state index is -0.314. The van der Waals surface area contributed by atoms with Gasteiger partial charge in [-0.05, 0) is 19.8 Å². The topological polar surface area (TPSA) is 91.4 Å². The quantitative estimate of drug-likeness (QED) is 0.659. The van der Waals surface area contributed by atoms with E-state index in [0.29, 0.717) is 39.1 Å². The van der Waals surface area contributed by atoms with E-state index >= 15 is 0 Å². The van der Waals surface area contributed by atoms with Crippen molar-refractivity contribution < 1.29 is 23.9 Å². The molecule has 2 heterocycles. The first-order valence-corrected chi connectivity index (χ1v) is 9.77. The molecule has 2 fully saturated rings. The Morgan fingerprint density at radius 2 is 1.81 bits per heavy atom. The van der Waals surface area contributed by atoms with Gasteiger partial charge in [0, 0.05) is 52.2 Å². The minimum absolute atomic E-state index is 0.0295. The molecule has 0 aromatic carbocycles. The van der Waals surface area contributed by atoms with Crippen molar-refractivity contribution in [3.05, 3.63) is 0 Å². The van der Waals surface area contributed by atoms with E-state index in [1.807, 2.05) is 0 Å². The van der Waals surface area contributed by atoms with Crippen LogP contribution in [-0.4, -0.2) is 104 Å². The van der Waals surface area contributed by atoms with Gasteiger partial charge in [0.15, 0.2) is 0 Å². The largest absolute Gasteiger partial charge is 0.450 e. The van der Waals surface area contributed by atoms with Gasteiger partial charge in [-0.25, -0.2) is 4.79 Å². The first-order valence-electron chi connectivity index (χ1n) is 9.77. The second-order valence-electron chi connectivity index (χ2n) is 6.87. The molecule has 2 rings (SSSR count). The minimum Gasteiger partial charge on any atom is -0.450 e. The van der Waals surface area contributed by atoms with Crippen LogP contribution in [0.5, 0.6) is 0 Å². The summed E-state index contributed by atoms with van der Waals surface area (Å²) in [5, 5.41) is 2.90. The smallest absolute Gasteiger partial charge is 0.409 e. The van der Waals surface area contributed by atoms with E-state index in [4.69, 9.17) is 9.47 Å². The Balaban J connectivity index is 1.73. The van der Waals surface area contributed by atoms with Crippen molar-refractivity contribution in [1.82, 2.24) is 20.0 Å². The molecule has 0 aromatic heterocycles. The van der Waals surface area contributed by atoms with Crippen molar-refractivity contribution in [3.8, 4) is 0 Å². The Bertz CT molecular complexity index is 502. The molecule has 0 unspecified atom stereocenters. The van der Waals surface area contributed by atoms with Crippen LogP contribution >= 0.6 is 0 Å². The van der Waals surface area contributed by atoms with E-state index in [1.165, 1.54) is 6.92 Å². The van der Waals surface area contributed by atoms with Crippen molar-refractivity contribution in [3.63, 3.8) is 0 Å². The maximum atomic E-state index is 12.3. The summed E-state index contributed by atoms with van der Waals surface area (Å²) < 4.78 is 10.3. The van der Waals surface area contributed by atoms with Gasteiger partial charge in [0.25, 0.3) is 0 Å². The zero-order chi connectivity index (χ0) is 19.6. The predicted octanol–water partition coefficient (Wildman–Crippen LogP) is -0.0958. The van der Waals surface area contributed by atoms with E-state index in [1.54, 1.807) is 16.7 Å². The van der Waals surface area contributed by atoms with Crippen molar-refractivity contribution in [2.24, 2.45) is 0 Å². The third-order valence-corrected chi connectivity index (χ3v) is 5.00. The van der Waals surface area contributed by atoms with Crippen LogP contribution in [0.3, 0.4) is 0 Å². The summed E-state index contributed by atoms with van der Waals surface area (Å²) in [6, 6.07) is -0.0295. The SMILES string of the molecule is CCOC(=O)N1CCC(N(CC(=O)NCCN2CCOCC2)C(C)=O)CC1. The molecule has 3 amide bonds. The average molecular weight is 384 g/mol. The number of nitrogens with zero attached hydrogens (tertiary/aromatic N) is 3. The molecule has 27 heavy (non-hydrogen) atoms. The fraction of sp³-hybridized carbons (Fsp3) is 0.833. The molecule has 1 N–H and O–H groups in total. The van der Waals surface area contributed by atoms with Gasteiger partial charge in [-0.3, -0.25) is 14.5 Å². The van der Waals surface area contributed by atoms with E-state index in [-0.39, 0.29) is 30.5 Å². The summed E-state index contributed by atoms with van der Waals surface area (Å²) in [4.78, 5) is 41.6. The molecule has 2 aliphatic rings. The molecule has 0 aromatic rings. The van der Waals surface area contributed by atoms with Gasteiger partial charge in [-0.1, -0.05) is 0 Å². The molecule has 0 saturated carbocycles. The highest BCUT2D eigenvalue weighted by Gasteiger charge is 2.29. The Hall–Kier alpha value is -1.87. The van der Waals surface area contributed by atoms with E-state index in [9.17, 15) is 14.4 Å². The number of nitrogens with one attached hydrogen (secondary N) is 1. The lowest BCUT2D eigenvalue weighted by Gasteiger charge is -2.37. The van der Waals surface area contributed by atoms with Gasteiger partial charge >= 0.3 is 6.09 Å². The van der Waals surface area contributed by atoms with E-state index < -0.39 is 0 Å². The molecule has 0 atom stereocenters. The van der Waals surface area contributed by atoms with Crippen LogP contribution in [0.25, 0.3) is 0 Å². The first kappa shape index (κ1) is 21.4. The van der Waals surface area contributed by atoms with Gasteiger partial charge < -0.3 is 24.6 Å². The summed E-state index contributed by atoms with van der Waals surface area (Å²) >= 11 is 0. The van der Waals surface area contributed by atoms with E-state index in [0.717, 1.165) is 32.8 Å². The number of carbonyl (C=O) groups excluding carboxylic acids is 3. The summed E-state index contributed by atoms with van der Waals surface area (Å²) in [5.74, 6) is -0.265. The van der Waals surface area contributed by atoms with Crippen molar-refractivity contribution in [1.29, 1.82) is 0 Å². The number of amides is 3. The van der Waals surface area contributed by atoms with Crippen LogP contribution in [0.1, 0.15) is 26.7 Å². The maximum Gasteiger partial charge on any atom is 0.409 e. The van der Waals surface area contributed by atoms with Gasteiger partial charge in [-0.2, -0.15) is 0 Å². The lowest BCUT2D eigenvalue weighted by Crippen LogP contribution is -2.51. The zero-order valence-electron chi connectivity index (χ0n) is 16.4. The fourth-order valence-electron chi connectivity index (χ4n) is 3.46. The van der Waals surface area contributed by atoms with Gasteiger partial charge in [0.1, 0.15) is 0 Å². The number of carbonyl (C=O) groups is 3. The number of rotatable bonds is 7. The third kappa shape index (κ3) is 6.99. The monoisotopic (exact) mass is 384 g/mol. The fourth-order valence-corrected chi connectivity index (χ4v) is 3.46. The Kier molecular flexibility index (Phi) is 8.80. The van der Waals surface area contributed by atoms with Crippen LogP contribution in [0.15, 0.2) is 0 Å². The third-order valence-electron chi connectivity index (χ3n) is 5.00. The van der Waals surface area contributed by atoms with Crippen molar-refractivity contribution in [2.75, 3.05) is 65.6 Å². The maximum absolute atomic E-state index is 12.3. The number of morpholine rings is 1. The number of hydrogen-bond acceptors (Lipinski definition) is 6. The molecule has 154 valence electrons. The number of likely N-dealkylation sites (tertiary alicyclic amines) is 1. The van der Waals surface area contributed by atoms with Gasteiger partial charge in [0.05, 0.1) is 26.4 Å². The average Bonchev–Trinajstić information content (AvgIpc) is 2.67. The van der Waals surface area contributed by atoms with Crippen LogP contribution in [-0.2, 0) is 19.1 Å². The molecule has 9 heteroatoms. The molecular weight excluding hydrogens is 352 g/mol. The molecule has 9 nitrogen and oxygen atoms in total. The second-order valence-corrected chi connectivity index (χ2v) is 6.87. The highest BCUT2D eigenvalue weighted by molar-refractivity contribution is 5.84. The Labute approximate surface area is 160 Å². The molecule has 0 spiro atoms. The van der Waals surface area contributed by atoms with E-state index in [2.05, 4.69) is 10.2 Å². The summed E-state index contributed by atoms with van der Waals surface area (Å²) in [6.07, 6.45) is 0.991. The second kappa shape index (κ2) is 11.1. The van der Waals surface area contributed by atoms with Crippen LogP contribution in [0.2, 0.25) is 0 Å². The van der Waals surface area contributed by atoms with Gasteiger partial charge in [-0.15, -0.1) is 0 Å². The lowest BCUT2D eigenvalue weighted by atomic mass is 10.0. The summed E-state index contributed by atoms with van der Waals surface area (Å²) in [7, 11) is 0. The van der Waals surface area contributed by atoms with Crippen molar-refractivity contribution >= 4 is 17.9 Å². The lowest BCUT2D eigenvalue weighted by molar-refractivity contribution is -0.137. The molecule has 2 aliphatic heterocycles. The Morgan fingerprint density at radius 3 is 2.41 bits per heavy atom. The highest BCUT2D eigenvalue weighted by Crippen LogP contribution is 2.17. The normalized spacial score (nSPS) is 18.8. The number of piperidine rings is 1. The molecular formula is C18H32N4O5. The van der Waals surface area contributed by atoms with Crippen LogP contribution < -0.4 is 5.32 Å². The number of ether oxygens (including phenoxy) is 2. The molecule has 0 aliphatic carbocycles. The molecule has 0 bridgehead atoms. The predicted molar refractivity (Wildman–Crippen MR) is 99.3 cm³/mol. The Morgan fingerprint density at radius 1 is 1.15 bits per heavy atom. The standard InChI is InChI=1S/C18H32N4O5/c1-3-27-18(25)21-7-4-16(5-8-21)22(15(2)23)14-17(24)19-6-9-20-10-12-26-13-11-20/h16H,3-14H2,1-2H3,(H,19,24). The molecule has 2 saturated heterocycles. The summed E-state index contributed by atoms with van der Waals surface area (Å²) in [6.45, 7) is 9.32. The van der Waals surface area contributed by atoms with Crippen LogP contribution in [0.4, 0.5) is 4.79 Å². The first-order chi connectivity index (χ1) is 13.0. The summed E-state index contributed by atoms with van der Waals surface area (Å²) in [5.41, 5.74) is 0. The highest BCUT2D eigenvalue weighted by atomic mass is 16.6. The van der Waals surface area contributed by atoms with Crippen LogP contribution in [0, 0.1) is 0 Å². The van der Waals surface area contributed by atoms with Crippen molar-refractivity contribution in [2.45, 2.75) is 32.7 Å².